The molecule has 0 heterocycles. The number of amides is 4. The van der Waals surface area contributed by atoms with Crippen molar-refractivity contribution in [2.45, 2.75) is 50.6 Å². The third-order valence-corrected chi connectivity index (χ3v) is 4.74. The first-order chi connectivity index (χ1) is 15.9. The van der Waals surface area contributed by atoms with E-state index in [0.29, 0.717) is 11.3 Å². The monoisotopic (exact) mass is 482 g/mol. The molecule has 0 aliphatic carbocycles. The van der Waals surface area contributed by atoms with Crippen LogP contribution in [0, 0.1) is 0 Å². The van der Waals surface area contributed by atoms with Crippen LogP contribution < -0.4 is 26.4 Å². The topological polar surface area (TPSA) is 206 Å². The number of esters is 1. The second-order valence-electron chi connectivity index (χ2n) is 7.43. The highest BCUT2D eigenvalue weighted by Crippen LogP contribution is 2.13. The molecule has 4 amide bonds. The van der Waals surface area contributed by atoms with Gasteiger partial charge in [-0.1, -0.05) is 12.1 Å². The van der Waals surface area contributed by atoms with Crippen LogP contribution in [-0.2, 0) is 35.1 Å². The fourth-order valence-corrected chi connectivity index (χ4v) is 2.83. The Labute approximate surface area is 196 Å². The lowest BCUT2D eigenvalue weighted by molar-refractivity contribution is -0.154. The van der Waals surface area contributed by atoms with Gasteiger partial charge in [0.15, 0.2) is 0 Å². The Bertz CT molecular complexity index is 887. The normalized spacial score (nSPS) is 15.0. The molecule has 1 rings (SSSR count). The van der Waals surface area contributed by atoms with Crippen molar-refractivity contribution in [2.24, 2.45) is 5.73 Å². The second kappa shape index (κ2) is 13.1. The van der Waals surface area contributed by atoms with Crippen molar-refractivity contribution in [3.05, 3.63) is 29.8 Å². The van der Waals surface area contributed by atoms with E-state index < -0.39 is 59.9 Å². The Morgan fingerprint density at radius 2 is 1.38 bits per heavy atom. The molecule has 0 spiro atoms. The zero-order valence-electron chi connectivity index (χ0n) is 19.2. The van der Waals surface area contributed by atoms with Crippen molar-refractivity contribution in [3.63, 3.8) is 0 Å². The van der Waals surface area contributed by atoms with Crippen LogP contribution >= 0.6 is 0 Å². The molecule has 1 aromatic carbocycles. The summed E-state index contributed by atoms with van der Waals surface area (Å²) in [6.07, 6.45) is -2.89. The maximum atomic E-state index is 12.8. The Hall–Kier alpha value is -3.71. The van der Waals surface area contributed by atoms with Gasteiger partial charge in [0.2, 0.25) is 17.7 Å². The van der Waals surface area contributed by atoms with Crippen molar-refractivity contribution < 1.29 is 43.7 Å². The van der Waals surface area contributed by atoms with Gasteiger partial charge in [-0.15, -0.1) is 0 Å². The van der Waals surface area contributed by atoms with Crippen LogP contribution in [0.15, 0.2) is 24.3 Å². The highest BCUT2D eigenvalue weighted by Gasteiger charge is 2.34. The number of benzene rings is 1. The van der Waals surface area contributed by atoms with Crippen molar-refractivity contribution in [1.82, 2.24) is 16.0 Å². The number of nitrogens with one attached hydrogen (secondary N) is 3. The van der Waals surface area contributed by atoms with E-state index in [4.69, 9.17) is 10.5 Å². The van der Waals surface area contributed by atoms with Crippen LogP contribution in [0.1, 0.15) is 19.4 Å². The predicted octanol–water partition coefficient (Wildman–Crippen LogP) is -2.89. The summed E-state index contributed by atoms with van der Waals surface area (Å²) < 4.78 is 9.30. The molecule has 0 fully saturated rings. The summed E-state index contributed by atoms with van der Waals surface area (Å²) in [5.41, 5.74) is 6.05. The number of hydrogen-bond acceptors (Lipinski definition) is 9. The minimum Gasteiger partial charge on any atom is -0.497 e. The van der Waals surface area contributed by atoms with E-state index in [1.807, 2.05) is 5.32 Å². The number of rotatable bonds is 11. The summed E-state index contributed by atoms with van der Waals surface area (Å²) in [4.78, 5) is 60.3. The smallest absolute Gasteiger partial charge is 0.396 e. The zero-order chi connectivity index (χ0) is 26.0. The first-order valence-electron chi connectivity index (χ1n) is 10.2. The van der Waals surface area contributed by atoms with Gasteiger partial charge in [0.25, 0.3) is 0 Å². The Balaban J connectivity index is 2.95. The van der Waals surface area contributed by atoms with Crippen molar-refractivity contribution in [2.75, 3.05) is 14.2 Å². The van der Waals surface area contributed by atoms with Crippen LogP contribution in [-0.4, -0.2) is 84.4 Å². The lowest BCUT2D eigenvalue weighted by Crippen LogP contribution is -2.61. The molecule has 0 aromatic heterocycles. The van der Waals surface area contributed by atoms with Gasteiger partial charge in [-0.3, -0.25) is 19.2 Å². The van der Waals surface area contributed by atoms with Gasteiger partial charge in [0.05, 0.1) is 26.4 Å². The lowest BCUT2D eigenvalue weighted by Gasteiger charge is -2.27. The Kier molecular flexibility index (Phi) is 10.9. The molecule has 0 saturated heterocycles. The third-order valence-electron chi connectivity index (χ3n) is 4.74. The number of aliphatic hydroxyl groups excluding tert-OH is 2. The fourth-order valence-electron chi connectivity index (χ4n) is 2.83. The average molecular weight is 482 g/mol. The molecule has 13 nitrogen and oxygen atoms in total. The first-order valence-corrected chi connectivity index (χ1v) is 10.2. The molecule has 5 atom stereocenters. The van der Waals surface area contributed by atoms with E-state index in [1.54, 1.807) is 24.3 Å². The van der Waals surface area contributed by atoms with E-state index in [0.717, 1.165) is 14.0 Å². The standard InChI is InChI=1S/C21H30N4O9/c1-10(26)15(24-19(30)16(11(2)27)25-20(31)21(32)34-4)18(29)23-14(17(22)28)9-12-5-7-13(33-3)8-6-12/h5-8,10-11,14-16,26-27H,9H2,1-4H3,(H2,22,28)(H,23,29)(H,24,30)(H,25,31)/t10-,11-,14-,15-,16+/m1/s1. The quantitative estimate of drug-likeness (QED) is 0.141. The SMILES string of the molecule is COC(=O)C(=O)N[C@H](C(=O)N[C@@H](C(=O)N[C@H](Cc1ccc(OC)cc1)C(N)=O)[C@@H](C)O)[C@@H](C)O. The van der Waals surface area contributed by atoms with Gasteiger partial charge < -0.3 is 41.4 Å². The van der Waals surface area contributed by atoms with Gasteiger partial charge in [0, 0.05) is 6.42 Å². The molecule has 0 radical (unpaired) electrons. The number of carbonyl (C=O) groups excluding carboxylic acids is 5. The number of aliphatic hydroxyl groups is 2. The molecule has 0 aliphatic rings. The summed E-state index contributed by atoms with van der Waals surface area (Å²) in [6.45, 7) is 2.37. The summed E-state index contributed by atoms with van der Waals surface area (Å²) in [7, 11) is 2.45. The molecule has 0 aliphatic heterocycles. The number of primary amides is 1. The second-order valence-corrected chi connectivity index (χ2v) is 7.43. The van der Waals surface area contributed by atoms with Gasteiger partial charge in [-0.2, -0.15) is 0 Å². The molecule has 188 valence electrons. The van der Waals surface area contributed by atoms with E-state index in [9.17, 15) is 34.2 Å². The zero-order valence-corrected chi connectivity index (χ0v) is 19.2. The van der Waals surface area contributed by atoms with Gasteiger partial charge in [-0.25, -0.2) is 4.79 Å². The number of ether oxygens (including phenoxy) is 2. The number of hydrogen-bond donors (Lipinski definition) is 6. The minimum absolute atomic E-state index is 0.0248. The highest BCUT2D eigenvalue weighted by atomic mass is 16.5. The van der Waals surface area contributed by atoms with E-state index in [2.05, 4.69) is 15.4 Å². The predicted molar refractivity (Wildman–Crippen MR) is 117 cm³/mol. The van der Waals surface area contributed by atoms with E-state index >= 15 is 0 Å². The van der Waals surface area contributed by atoms with Crippen LogP contribution in [0.25, 0.3) is 0 Å². The Morgan fingerprint density at radius 3 is 1.82 bits per heavy atom. The number of carbonyl (C=O) groups is 5. The molecule has 0 unspecified atom stereocenters. The summed E-state index contributed by atoms with van der Waals surface area (Å²) >= 11 is 0. The summed E-state index contributed by atoms with van der Waals surface area (Å²) in [5, 5.41) is 26.4. The lowest BCUT2D eigenvalue weighted by atomic mass is 10.0. The first kappa shape index (κ1) is 28.3. The summed E-state index contributed by atoms with van der Waals surface area (Å²) in [5.74, 6) is -4.87. The van der Waals surface area contributed by atoms with Crippen molar-refractivity contribution >= 4 is 29.6 Å². The van der Waals surface area contributed by atoms with Crippen molar-refractivity contribution in [3.8, 4) is 5.75 Å². The van der Waals surface area contributed by atoms with Crippen LogP contribution in [0.2, 0.25) is 0 Å². The minimum atomic E-state index is -1.65. The number of methoxy groups -OCH3 is 2. The van der Waals surface area contributed by atoms with Crippen molar-refractivity contribution in [1.29, 1.82) is 0 Å². The molecule has 7 N–H and O–H groups in total. The highest BCUT2D eigenvalue weighted by molar-refractivity contribution is 6.32. The van der Waals surface area contributed by atoms with Crippen LogP contribution in [0.5, 0.6) is 5.75 Å². The molecular formula is C21H30N4O9. The molecule has 13 heteroatoms. The van der Waals surface area contributed by atoms with E-state index in [1.165, 1.54) is 14.0 Å². The molecular weight excluding hydrogens is 452 g/mol. The fraction of sp³-hybridized carbons (Fsp3) is 0.476. The van der Waals surface area contributed by atoms with Gasteiger partial charge in [0.1, 0.15) is 23.9 Å². The average Bonchev–Trinajstić information content (AvgIpc) is 2.79. The molecule has 34 heavy (non-hydrogen) atoms. The molecule has 1 aromatic rings. The third kappa shape index (κ3) is 8.33. The van der Waals surface area contributed by atoms with Gasteiger partial charge >= 0.3 is 11.9 Å². The van der Waals surface area contributed by atoms with Crippen LogP contribution in [0.3, 0.4) is 0 Å². The van der Waals surface area contributed by atoms with E-state index in [-0.39, 0.29) is 6.42 Å². The molecule has 0 bridgehead atoms. The van der Waals surface area contributed by atoms with Crippen LogP contribution in [0.4, 0.5) is 0 Å². The largest absolute Gasteiger partial charge is 0.497 e. The summed E-state index contributed by atoms with van der Waals surface area (Å²) in [6, 6.07) is 2.26. The maximum absolute atomic E-state index is 12.8. The number of nitrogens with two attached hydrogens (primary N) is 1. The maximum Gasteiger partial charge on any atom is 0.396 e. The Morgan fingerprint density at radius 1 is 0.882 bits per heavy atom. The van der Waals surface area contributed by atoms with Gasteiger partial charge in [-0.05, 0) is 31.5 Å². The molecule has 0 saturated carbocycles.